The van der Waals surface area contributed by atoms with Gasteiger partial charge in [0.1, 0.15) is 18.1 Å². The van der Waals surface area contributed by atoms with Gasteiger partial charge < -0.3 is 16.0 Å². The second-order valence-corrected chi connectivity index (χ2v) is 7.82. The number of aromatic nitrogens is 1. The average Bonchev–Trinajstić information content (AvgIpc) is 3.12. The van der Waals surface area contributed by atoms with Gasteiger partial charge in [-0.1, -0.05) is 23.5 Å². The molecule has 0 unspecified atom stereocenters. The Kier molecular flexibility index (Phi) is 8.49. The van der Waals surface area contributed by atoms with Crippen LogP contribution in [0.25, 0.3) is 10.2 Å². The summed E-state index contributed by atoms with van der Waals surface area (Å²) >= 11 is 1.52. The maximum absolute atomic E-state index is 11.0. The fraction of sp³-hybridized carbons (Fsp3) is 0.333. The third-order valence-electron chi connectivity index (χ3n) is 4.92. The summed E-state index contributed by atoms with van der Waals surface area (Å²) in [5.41, 5.74) is 0.940. The van der Waals surface area contributed by atoms with E-state index >= 15 is 0 Å². The minimum Gasteiger partial charge on any atom is -1.00 e. The zero-order valence-electron chi connectivity index (χ0n) is 17.4. The van der Waals surface area contributed by atoms with Crippen molar-refractivity contribution in [2.45, 2.75) is 12.8 Å². The van der Waals surface area contributed by atoms with E-state index in [1.54, 1.807) is 0 Å². The molecule has 0 aliphatic carbocycles. The molecule has 1 N–H and O–H groups in total. The molecular formula is C21H23KN2O4S. The summed E-state index contributed by atoms with van der Waals surface area (Å²) in [5, 5.41) is 9.67. The Morgan fingerprint density at radius 1 is 1.14 bits per heavy atom. The van der Waals surface area contributed by atoms with Crippen LogP contribution >= 0.6 is 11.3 Å². The molecule has 8 heteroatoms. The van der Waals surface area contributed by atoms with Crippen LogP contribution in [0.2, 0.25) is 0 Å². The number of benzene rings is 2. The number of nitrogens with zero attached hydrogens (tertiary/aromatic N) is 2. The Balaban J connectivity index is 0.00000160. The number of fused-ring (bicyclic) bond motifs is 1. The Morgan fingerprint density at radius 2 is 1.83 bits per heavy atom. The fourth-order valence-corrected chi connectivity index (χ4v) is 4.13. The third-order valence-corrected chi connectivity index (χ3v) is 5.83. The van der Waals surface area contributed by atoms with Gasteiger partial charge >= 0.3 is 57.4 Å². The van der Waals surface area contributed by atoms with E-state index < -0.39 is 5.97 Å². The molecule has 1 aliphatic heterocycles. The van der Waals surface area contributed by atoms with Gasteiger partial charge in [0.15, 0.2) is 0 Å². The number of likely N-dealkylation sites (tertiary alicyclic amines) is 1. The first-order valence-electron chi connectivity index (χ1n) is 9.39. The second-order valence-electron chi connectivity index (χ2n) is 6.82. The maximum atomic E-state index is 11.0. The van der Waals surface area contributed by atoms with Crippen molar-refractivity contribution < 1.29 is 72.2 Å². The van der Waals surface area contributed by atoms with Crippen LogP contribution in [-0.2, 0) is 4.79 Å². The van der Waals surface area contributed by atoms with E-state index in [0.29, 0.717) is 24.6 Å². The quantitative estimate of drug-likeness (QED) is 0.562. The van der Waals surface area contributed by atoms with Crippen molar-refractivity contribution in [2.24, 2.45) is 5.92 Å². The molecule has 0 radical (unpaired) electrons. The van der Waals surface area contributed by atoms with E-state index in [2.05, 4.69) is 9.88 Å². The number of carboxylic acid groups (broad SMARTS) is 1. The normalized spacial score (nSPS) is 15.0. The molecule has 148 valence electrons. The summed E-state index contributed by atoms with van der Waals surface area (Å²) in [6.45, 7) is 3.01. The Morgan fingerprint density at radius 3 is 2.52 bits per heavy atom. The van der Waals surface area contributed by atoms with Crippen LogP contribution in [0.5, 0.6) is 16.7 Å². The van der Waals surface area contributed by atoms with Crippen LogP contribution in [0, 0.1) is 5.92 Å². The summed E-state index contributed by atoms with van der Waals surface area (Å²) in [4.78, 5) is 17.7. The predicted octanol–water partition coefficient (Wildman–Crippen LogP) is 1.38. The van der Waals surface area contributed by atoms with Gasteiger partial charge in [-0.2, -0.15) is 0 Å². The first-order valence-corrected chi connectivity index (χ1v) is 10.2. The van der Waals surface area contributed by atoms with Gasteiger partial charge in [0, 0.05) is 6.54 Å². The first kappa shape index (κ1) is 22.7. The van der Waals surface area contributed by atoms with Crippen molar-refractivity contribution in [3.63, 3.8) is 0 Å². The van der Waals surface area contributed by atoms with E-state index in [1.165, 1.54) is 11.3 Å². The van der Waals surface area contributed by atoms with Gasteiger partial charge in [-0.25, -0.2) is 4.98 Å². The van der Waals surface area contributed by atoms with Crippen molar-refractivity contribution in [2.75, 3.05) is 26.2 Å². The van der Waals surface area contributed by atoms with E-state index in [9.17, 15) is 4.79 Å². The zero-order chi connectivity index (χ0) is 19.3. The molecule has 1 fully saturated rings. The van der Waals surface area contributed by atoms with Crippen molar-refractivity contribution >= 4 is 27.5 Å². The number of ether oxygens (including phenoxy) is 2. The number of carbonyl (C=O) groups is 1. The molecular weight excluding hydrogens is 415 g/mol. The number of hydrogen-bond acceptors (Lipinski definition) is 6. The topological polar surface area (TPSA) is 71.9 Å². The first-order chi connectivity index (χ1) is 13.7. The predicted molar refractivity (Wildman–Crippen MR) is 110 cm³/mol. The number of aliphatic carboxylic acids is 1. The van der Waals surface area contributed by atoms with E-state index in [0.717, 1.165) is 41.3 Å². The largest absolute Gasteiger partial charge is 1.00 e. The molecule has 0 amide bonds. The number of thiazole rings is 1. The molecule has 1 saturated heterocycles. The second kappa shape index (κ2) is 10.9. The maximum Gasteiger partial charge on any atom is 1.00 e. The van der Waals surface area contributed by atoms with Gasteiger partial charge in [0.25, 0.3) is 5.19 Å². The van der Waals surface area contributed by atoms with Crippen LogP contribution in [0.15, 0.2) is 48.5 Å². The van der Waals surface area contributed by atoms with Crippen LogP contribution < -0.4 is 60.9 Å². The summed E-state index contributed by atoms with van der Waals surface area (Å²) < 4.78 is 12.8. The van der Waals surface area contributed by atoms with Crippen LogP contribution in [0.1, 0.15) is 14.3 Å². The van der Waals surface area contributed by atoms with Gasteiger partial charge in [0.05, 0.1) is 16.1 Å². The Labute approximate surface area is 217 Å². The summed E-state index contributed by atoms with van der Waals surface area (Å²) in [6, 6.07) is 15.5. The molecule has 2 aromatic carbocycles. The molecule has 0 atom stereocenters. The molecule has 29 heavy (non-hydrogen) atoms. The fourth-order valence-electron chi connectivity index (χ4n) is 3.30. The molecule has 0 bridgehead atoms. The number of piperidine rings is 1. The third kappa shape index (κ3) is 6.24. The minimum absolute atomic E-state index is 0. The SMILES string of the molecule is O=C(O)C1CCN(CCOc2ccc(Oc3nc4ccccc4s3)cc2)CC1.[H-].[K+]. The van der Waals surface area contributed by atoms with Gasteiger partial charge in [-0.15, -0.1) is 0 Å². The molecule has 1 aromatic heterocycles. The number of rotatable bonds is 7. The van der Waals surface area contributed by atoms with E-state index in [4.69, 9.17) is 14.6 Å². The average molecular weight is 439 g/mol. The standard InChI is InChI=1S/C21H22N2O4S.K.H/c24-20(25)15-9-11-23(12-10-15)13-14-26-16-5-7-17(8-6-16)27-21-22-18-3-1-2-4-19(18)28-21;;/h1-8,15H,9-14H2,(H,24,25);;/q;+1;-1. The molecule has 1 aliphatic rings. The molecule has 3 aromatic rings. The summed E-state index contributed by atoms with van der Waals surface area (Å²) in [5.74, 6) is 0.642. The smallest absolute Gasteiger partial charge is 1.00 e. The number of hydrogen-bond donors (Lipinski definition) is 1. The van der Waals surface area contributed by atoms with Crippen LogP contribution in [0.3, 0.4) is 0 Å². The van der Waals surface area contributed by atoms with Gasteiger partial charge in [0.2, 0.25) is 0 Å². The molecule has 0 saturated carbocycles. The van der Waals surface area contributed by atoms with Crippen molar-refractivity contribution in [1.29, 1.82) is 0 Å². The van der Waals surface area contributed by atoms with Crippen molar-refractivity contribution in [3.8, 4) is 16.7 Å². The van der Waals surface area contributed by atoms with Crippen LogP contribution in [0.4, 0.5) is 0 Å². The van der Waals surface area contributed by atoms with Crippen LogP contribution in [-0.4, -0.2) is 47.2 Å². The number of para-hydroxylation sites is 1. The van der Waals surface area contributed by atoms with Gasteiger partial charge in [-0.3, -0.25) is 9.69 Å². The van der Waals surface area contributed by atoms with E-state index in [-0.39, 0.29) is 58.7 Å². The minimum atomic E-state index is -0.677. The molecule has 4 rings (SSSR count). The van der Waals surface area contributed by atoms with Crippen molar-refractivity contribution in [3.05, 3.63) is 48.5 Å². The molecule has 6 nitrogen and oxygen atoms in total. The van der Waals surface area contributed by atoms with Crippen molar-refractivity contribution in [1.82, 2.24) is 9.88 Å². The Bertz CT molecular complexity index is 913. The zero-order valence-corrected chi connectivity index (χ0v) is 20.4. The summed E-state index contributed by atoms with van der Waals surface area (Å²) in [7, 11) is 0. The number of carboxylic acids is 1. The van der Waals surface area contributed by atoms with E-state index in [1.807, 2.05) is 48.5 Å². The molecule has 2 heterocycles. The van der Waals surface area contributed by atoms with Gasteiger partial charge in [-0.05, 0) is 62.3 Å². The monoisotopic (exact) mass is 438 g/mol. The summed E-state index contributed by atoms with van der Waals surface area (Å²) in [6.07, 6.45) is 1.43. The molecule has 0 spiro atoms. The Hall–Kier alpha value is -1.00.